The normalized spacial score (nSPS) is 13.4. The Kier molecular flexibility index (Phi) is 5.44. The van der Waals surface area contributed by atoms with Crippen LogP contribution in [0, 0.1) is 0 Å². The lowest BCUT2D eigenvalue weighted by Gasteiger charge is -2.17. The summed E-state index contributed by atoms with van der Waals surface area (Å²) in [5.74, 6) is -0.247. The molecule has 6 heteroatoms. The average molecular weight is 393 g/mol. The van der Waals surface area contributed by atoms with Crippen molar-refractivity contribution in [3.05, 3.63) is 77.6 Å². The first-order valence-corrected chi connectivity index (χ1v) is 9.70. The van der Waals surface area contributed by atoms with Gasteiger partial charge in [-0.05, 0) is 67.4 Å². The molecule has 1 amide bonds. The van der Waals surface area contributed by atoms with Crippen molar-refractivity contribution in [2.75, 3.05) is 28.6 Å². The van der Waals surface area contributed by atoms with E-state index in [-0.39, 0.29) is 5.91 Å². The highest BCUT2D eigenvalue weighted by Gasteiger charge is 2.13. The summed E-state index contributed by atoms with van der Waals surface area (Å²) >= 11 is 6.02. The Morgan fingerprint density at radius 1 is 0.929 bits per heavy atom. The quantitative estimate of drug-likeness (QED) is 0.616. The molecule has 1 fully saturated rings. The Labute approximate surface area is 169 Å². The Morgan fingerprint density at radius 3 is 2.43 bits per heavy atom. The Hall–Kier alpha value is -3.05. The second-order valence-corrected chi connectivity index (χ2v) is 7.20. The molecule has 142 valence electrons. The fraction of sp³-hybridized carbons (Fsp3) is 0.182. The van der Waals surface area contributed by atoms with Crippen molar-refractivity contribution in [2.24, 2.45) is 0 Å². The van der Waals surface area contributed by atoms with Crippen molar-refractivity contribution in [3.63, 3.8) is 0 Å². The SMILES string of the molecule is O=C(Nc1ccc(N2CCCC2)cc1)c1cc(Nc2cccc(Cl)c2)ccn1. The van der Waals surface area contributed by atoms with Crippen LogP contribution in [-0.4, -0.2) is 24.0 Å². The summed E-state index contributed by atoms with van der Waals surface area (Å²) < 4.78 is 0. The lowest BCUT2D eigenvalue weighted by Crippen LogP contribution is -2.17. The zero-order valence-corrected chi connectivity index (χ0v) is 16.1. The first kappa shape index (κ1) is 18.3. The van der Waals surface area contributed by atoms with Crippen LogP contribution in [0.3, 0.4) is 0 Å². The molecule has 0 radical (unpaired) electrons. The zero-order valence-electron chi connectivity index (χ0n) is 15.4. The highest BCUT2D eigenvalue weighted by molar-refractivity contribution is 6.30. The second kappa shape index (κ2) is 8.31. The first-order chi connectivity index (χ1) is 13.7. The molecule has 2 heterocycles. The van der Waals surface area contributed by atoms with E-state index in [1.54, 1.807) is 12.3 Å². The van der Waals surface area contributed by atoms with Crippen LogP contribution in [0.2, 0.25) is 5.02 Å². The monoisotopic (exact) mass is 392 g/mol. The van der Waals surface area contributed by atoms with E-state index in [9.17, 15) is 4.79 Å². The van der Waals surface area contributed by atoms with Gasteiger partial charge in [-0.3, -0.25) is 9.78 Å². The van der Waals surface area contributed by atoms with Crippen LogP contribution in [0.15, 0.2) is 66.9 Å². The maximum absolute atomic E-state index is 12.6. The number of rotatable bonds is 5. The summed E-state index contributed by atoms with van der Waals surface area (Å²) in [7, 11) is 0. The fourth-order valence-electron chi connectivity index (χ4n) is 3.29. The number of carbonyl (C=O) groups is 1. The number of benzene rings is 2. The van der Waals surface area contributed by atoms with E-state index in [1.165, 1.54) is 18.5 Å². The van der Waals surface area contributed by atoms with E-state index in [0.29, 0.717) is 10.7 Å². The minimum Gasteiger partial charge on any atom is -0.372 e. The van der Waals surface area contributed by atoms with E-state index in [1.807, 2.05) is 54.6 Å². The number of aromatic nitrogens is 1. The summed E-state index contributed by atoms with van der Waals surface area (Å²) in [4.78, 5) is 19.1. The van der Waals surface area contributed by atoms with Gasteiger partial charge >= 0.3 is 0 Å². The Balaban J connectivity index is 1.43. The highest BCUT2D eigenvalue weighted by atomic mass is 35.5. The molecule has 2 N–H and O–H groups in total. The number of nitrogens with zero attached hydrogens (tertiary/aromatic N) is 2. The lowest BCUT2D eigenvalue weighted by molar-refractivity contribution is 0.102. The first-order valence-electron chi connectivity index (χ1n) is 9.32. The van der Waals surface area contributed by atoms with Crippen LogP contribution in [0.25, 0.3) is 0 Å². The second-order valence-electron chi connectivity index (χ2n) is 6.76. The summed E-state index contributed by atoms with van der Waals surface area (Å²) in [5, 5.41) is 6.79. The number of nitrogens with one attached hydrogen (secondary N) is 2. The fourth-order valence-corrected chi connectivity index (χ4v) is 3.48. The smallest absolute Gasteiger partial charge is 0.274 e. The molecule has 2 aromatic carbocycles. The number of pyridine rings is 1. The highest BCUT2D eigenvalue weighted by Crippen LogP contribution is 2.23. The summed E-state index contributed by atoms with van der Waals surface area (Å²) in [5.41, 5.74) is 3.91. The molecule has 28 heavy (non-hydrogen) atoms. The van der Waals surface area contributed by atoms with E-state index >= 15 is 0 Å². The number of amides is 1. The topological polar surface area (TPSA) is 57.3 Å². The molecule has 0 unspecified atom stereocenters. The van der Waals surface area contributed by atoms with Gasteiger partial charge < -0.3 is 15.5 Å². The molecule has 0 aliphatic carbocycles. The van der Waals surface area contributed by atoms with Crippen LogP contribution in [0.5, 0.6) is 0 Å². The van der Waals surface area contributed by atoms with Gasteiger partial charge in [0, 0.05) is 47.1 Å². The van der Waals surface area contributed by atoms with Crippen LogP contribution < -0.4 is 15.5 Å². The van der Waals surface area contributed by atoms with Gasteiger partial charge in [-0.2, -0.15) is 0 Å². The largest absolute Gasteiger partial charge is 0.372 e. The molecule has 4 rings (SSSR count). The van der Waals surface area contributed by atoms with Gasteiger partial charge in [0.05, 0.1) is 0 Å². The van der Waals surface area contributed by atoms with Crippen LogP contribution in [-0.2, 0) is 0 Å². The molecule has 0 saturated carbocycles. The van der Waals surface area contributed by atoms with E-state index in [0.717, 1.165) is 30.2 Å². The number of hydrogen-bond donors (Lipinski definition) is 2. The maximum atomic E-state index is 12.6. The van der Waals surface area contributed by atoms with E-state index < -0.39 is 0 Å². The van der Waals surface area contributed by atoms with Gasteiger partial charge in [-0.1, -0.05) is 17.7 Å². The van der Waals surface area contributed by atoms with E-state index in [4.69, 9.17) is 11.6 Å². The third-order valence-electron chi connectivity index (χ3n) is 4.70. The van der Waals surface area contributed by atoms with Crippen molar-refractivity contribution >= 4 is 40.3 Å². The number of carbonyl (C=O) groups excluding carboxylic acids is 1. The minimum atomic E-state index is -0.247. The van der Waals surface area contributed by atoms with Gasteiger partial charge in [0.2, 0.25) is 0 Å². The molecule has 0 spiro atoms. The Bertz CT molecular complexity index is 968. The molecule has 1 saturated heterocycles. The summed E-state index contributed by atoms with van der Waals surface area (Å²) in [6.45, 7) is 2.20. The van der Waals surface area contributed by atoms with Crippen LogP contribution in [0.4, 0.5) is 22.7 Å². The van der Waals surface area contributed by atoms with Gasteiger partial charge in [-0.25, -0.2) is 0 Å². The molecular weight excluding hydrogens is 372 g/mol. The maximum Gasteiger partial charge on any atom is 0.274 e. The molecule has 1 aromatic heterocycles. The number of hydrogen-bond acceptors (Lipinski definition) is 4. The number of halogens is 1. The standard InChI is InChI=1S/C22H21ClN4O/c23-16-4-3-5-18(14-16)25-19-10-11-24-21(15-19)22(28)26-17-6-8-20(9-7-17)27-12-1-2-13-27/h3-11,14-15H,1-2,12-13H2,(H,24,25)(H,26,28). The Morgan fingerprint density at radius 2 is 1.68 bits per heavy atom. The number of anilines is 4. The molecule has 0 bridgehead atoms. The molecule has 3 aromatic rings. The zero-order chi connectivity index (χ0) is 19.3. The van der Waals surface area contributed by atoms with Crippen molar-refractivity contribution in [1.29, 1.82) is 0 Å². The summed E-state index contributed by atoms with van der Waals surface area (Å²) in [6, 6.07) is 18.9. The van der Waals surface area contributed by atoms with Crippen molar-refractivity contribution < 1.29 is 4.79 Å². The van der Waals surface area contributed by atoms with Gasteiger partial charge in [0.15, 0.2) is 0 Å². The third kappa shape index (κ3) is 4.43. The predicted molar refractivity (Wildman–Crippen MR) is 115 cm³/mol. The molecule has 1 aliphatic rings. The van der Waals surface area contributed by atoms with Gasteiger partial charge in [-0.15, -0.1) is 0 Å². The van der Waals surface area contributed by atoms with E-state index in [2.05, 4.69) is 20.5 Å². The van der Waals surface area contributed by atoms with Crippen LogP contribution >= 0.6 is 11.6 Å². The van der Waals surface area contributed by atoms with Crippen molar-refractivity contribution in [3.8, 4) is 0 Å². The predicted octanol–water partition coefficient (Wildman–Crippen LogP) is 5.33. The van der Waals surface area contributed by atoms with Crippen molar-refractivity contribution in [1.82, 2.24) is 4.98 Å². The van der Waals surface area contributed by atoms with Crippen LogP contribution in [0.1, 0.15) is 23.3 Å². The molecule has 5 nitrogen and oxygen atoms in total. The third-order valence-corrected chi connectivity index (χ3v) is 4.94. The van der Waals surface area contributed by atoms with Gasteiger partial charge in [0.25, 0.3) is 5.91 Å². The molecule has 0 atom stereocenters. The lowest BCUT2D eigenvalue weighted by atomic mass is 10.2. The van der Waals surface area contributed by atoms with Crippen molar-refractivity contribution in [2.45, 2.75) is 12.8 Å². The van der Waals surface area contributed by atoms with Gasteiger partial charge in [0.1, 0.15) is 5.69 Å². The minimum absolute atomic E-state index is 0.247. The summed E-state index contributed by atoms with van der Waals surface area (Å²) in [6.07, 6.45) is 4.09. The average Bonchev–Trinajstić information content (AvgIpc) is 3.24. The molecule has 1 aliphatic heterocycles. The molecular formula is C22H21ClN4O.